The Hall–Kier alpha value is -1.46. The molecule has 1 unspecified atom stereocenters. The molecule has 4 nitrogen and oxygen atoms in total. The zero-order valence-corrected chi connectivity index (χ0v) is 23.8. The van der Waals surface area contributed by atoms with Gasteiger partial charge in [-0.15, -0.1) is 0 Å². The molecule has 2 rings (SSSR count). The second-order valence-electron chi connectivity index (χ2n) is 10.1. The van der Waals surface area contributed by atoms with Crippen molar-refractivity contribution < 1.29 is 19.0 Å². The van der Waals surface area contributed by atoms with Crippen molar-refractivity contribution >= 4 is 38.3 Å². The fraction of sp³-hybridized carbons (Fsp3) is 0.536. The Kier molecular flexibility index (Phi) is 12.8. The number of rotatable bonds is 12. The van der Waals surface area contributed by atoms with Crippen LogP contribution in [0.5, 0.6) is 17.2 Å². The summed E-state index contributed by atoms with van der Waals surface area (Å²) in [5, 5.41) is 0.817. The van der Waals surface area contributed by atoms with Crippen LogP contribution in [0, 0.1) is 38.5 Å². The standard InChI is InChI=1S/C28H41O4P.Li/c1-17(2)14-30-23-12-24(31-15-18(3)4)27(25(13-23)32-16-19(5)6)33-28(29)26-21(8)10-20(7)11-22(26)9;/h10-13,17-19,33H,14-16H2,1-9H3;. The maximum atomic E-state index is 13.5. The molecule has 0 N–H and O–H groups in total. The van der Waals surface area contributed by atoms with Crippen molar-refractivity contribution in [2.75, 3.05) is 19.8 Å². The zero-order valence-electron chi connectivity index (χ0n) is 22.8. The molecule has 2 aromatic carbocycles. The molecule has 0 aliphatic heterocycles. The van der Waals surface area contributed by atoms with Gasteiger partial charge in [-0.2, -0.15) is 0 Å². The first kappa shape index (κ1) is 30.6. The molecule has 0 bridgehead atoms. The number of carbonyl (C=O) groups excluding carboxylic acids is 1. The molecule has 1 atom stereocenters. The first-order chi connectivity index (χ1) is 15.5. The van der Waals surface area contributed by atoms with Crippen molar-refractivity contribution in [1.29, 1.82) is 0 Å². The molecular weight excluding hydrogens is 438 g/mol. The predicted octanol–water partition coefficient (Wildman–Crippen LogP) is 6.48. The average molecular weight is 480 g/mol. The third kappa shape index (κ3) is 9.30. The minimum absolute atomic E-state index is 0. The van der Waals surface area contributed by atoms with Crippen LogP contribution >= 0.6 is 8.58 Å². The summed E-state index contributed by atoms with van der Waals surface area (Å²) in [7, 11) is -0.101. The Bertz CT molecular complexity index is 897. The molecule has 183 valence electrons. The van der Waals surface area contributed by atoms with Crippen molar-refractivity contribution in [3.8, 4) is 17.2 Å². The Morgan fingerprint density at radius 3 is 1.56 bits per heavy atom. The monoisotopic (exact) mass is 479 g/mol. The van der Waals surface area contributed by atoms with E-state index in [2.05, 4.69) is 60.6 Å². The van der Waals surface area contributed by atoms with Crippen LogP contribution in [0.25, 0.3) is 0 Å². The fourth-order valence-electron chi connectivity index (χ4n) is 3.49. The molecule has 0 fully saturated rings. The number of benzene rings is 2. The summed E-state index contributed by atoms with van der Waals surface area (Å²) in [4.78, 5) is 13.5. The van der Waals surface area contributed by atoms with E-state index in [0.29, 0.717) is 54.8 Å². The van der Waals surface area contributed by atoms with Gasteiger partial charge in [0.2, 0.25) is 0 Å². The van der Waals surface area contributed by atoms with E-state index in [1.54, 1.807) is 0 Å². The summed E-state index contributed by atoms with van der Waals surface area (Å²) in [5.74, 6) is 3.19. The van der Waals surface area contributed by atoms with Crippen molar-refractivity contribution in [2.24, 2.45) is 17.8 Å². The van der Waals surface area contributed by atoms with Gasteiger partial charge in [0.1, 0.15) is 17.2 Å². The molecule has 1 radical (unpaired) electrons. The Labute approximate surface area is 220 Å². The van der Waals surface area contributed by atoms with Gasteiger partial charge in [0, 0.05) is 36.6 Å². The number of ether oxygens (including phenoxy) is 3. The topological polar surface area (TPSA) is 44.8 Å². The zero-order chi connectivity index (χ0) is 24.7. The second kappa shape index (κ2) is 14.2. The number of hydrogen-bond donors (Lipinski definition) is 0. The quantitative estimate of drug-likeness (QED) is 0.258. The number of aryl methyl sites for hydroxylation is 3. The van der Waals surface area contributed by atoms with Gasteiger partial charge in [0.05, 0.1) is 25.1 Å². The van der Waals surface area contributed by atoms with E-state index in [-0.39, 0.29) is 33.0 Å². The average Bonchev–Trinajstić information content (AvgIpc) is 2.69. The van der Waals surface area contributed by atoms with Crippen molar-refractivity contribution in [2.45, 2.75) is 62.3 Å². The van der Waals surface area contributed by atoms with Crippen LogP contribution in [-0.2, 0) is 0 Å². The fourth-order valence-corrected chi connectivity index (χ4v) is 4.77. The molecule has 0 aromatic heterocycles. The molecule has 0 aliphatic rings. The molecule has 2 aromatic rings. The molecule has 0 spiro atoms. The summed E-state index contributed by atoms with van der Waals surface area (Å²) < 4.78 is 18.4. The second-order valence-corrected chi connectivity index (χ2v) is 11.3. The summed E-state index contributed by atoms with van der Waals surface area (Å²) in [6, 6.07) is 7.97. The molecule has 0 amide bonds. The Balaban J connectivity index is 0.00000578. The third-order valence-corrected chi connectivity index (χ3v) is 6.13. The molecule has 34 heavy (non-hydrogen) atoms. The van der Waals surface area contributed by atoms with Crippen LogP contribution in [-0.4, -0.2) is 44.2 Å². The van der Waals surface area contributed by atoms with Gasteiger partial charge >= 0.3 is 0 Å². The summed E-state index contributed by atoms with van der Waals surface area (Å²) in [6.45, 7) is 20.5. The third-order valence-electron chi connectivity index (χ3n) is 4.91. The number of hydrogen-bond acceptors (Lipinski definition) is 4. The van der Waals surface area contributed by atoms with E-state index in [1.165, 1.54) is 5.56 Å². The molecular formula is C28H41LiO4P. The van der Waals surface area contributed by atoms with Gasteiger partial charge in [0.25, 0.3) is 0 Å². The molecule has 0 saturated carbocycles. The smallest absolute Gasteiger partial charge is 0.186 e. The molecule has 6 heteroatoms. The Morgan fingerprint density at radius 2 is 1.15 bits per heavy atom. The van der Waals surface area contributed by atoms with E-state index in [4.69, 9.17) is 14.2 Å². The maximum absolute atomic E-state index is 13.5. The first-order valence-corrected chi connectivity index (χ1v) is 12.9. The van der Waals surface area contributed by atoms with Crippen LogP contribution in [0.15, 0.2) is 24.3 Å². The molecule has 0 saturated heterocycles. The van der Waals surface area contributed by atoms with Crippen molar-refractivity contribution in [1.82, 2.24) is 0 Å². The van der Waals surface area contributed by atoms with Crippen molar-refractivity contribution in [3.63, 3.8) is 0 Å². The van der Waals surface area contributed by atoms with E-state index in [1.807, 2.05) is 26.0 Å². The minimum atomic E-state index is -0.101. The van der Waals surface area contributed by atoms with Crippen LogP contribution < -0.4 is 19.5 Å². The van der Waals surface area contributed by atoms with E-state index in [9.17, 15) is 4.79 Å². The summed E-state index contributed by atoms with van der Waals surface area (Å²) in [6.07, 6.45) is 0. The first-order valence-electron chi connectivity index (χ1n) is 11.9. The largest absolute Gasteiger partial charge is 0.493 e. The predicted molar refractivity (Wildman–Crippen MR) is 146 cm³/mol. The van der Waals surface area contributed by atoms with Crippen LogP contribution in [0.4, 0.5) is 0 Å². The van der Waals surface area contributed by atoms with Crippen LogP contribution in [0.3, 0.4) is 0 Å². The summed E-state index contributed by atoms with van der Waals surface area (Å²) in [5.41, 5.74) is 4.08. The summed E-state index contributed by atoms with van der Waals surface area (Å²) >= 11 is 0. The molecule has 0 aliphatic carbocycles. The van der Waals surface area contributed by atoms with Gasteiger partial charge in [-0.05, 0) is 58.2 Å². The van der Waals surface area contributed by atoms with Gasteiger partial charge in [-0.25, -0.2) is 0 Å². The van der Waals surface area contributed by atoms with Gasteiger partial charge in [-0.1, -0.05) is 59.2 Å². The van der Waals surface area contributed by atoms with Gasteiger partial charge in [-0.3, -0.25) is 4.79 Å². The van der Waals surface area contributed by atoms with Crippen molar-refractivity contribution in [3.05, 3.63) is 46.5 Å². The minimum Gasteiger partial charge on any atom is -0.493 e. The Morgan fingerprint density at radius 1 is 0.735 bits per heavy atom. The van der Waals surface area contributed by atoms with E-state index in [0.717, 1.165) is 22.0 Å². The van der Waals surface area contributed by atoms with Gasteiger partial charge in [0.15, 0.2) is 5.52 Å². The van der Waals surface area contributed by atoms with Crippen LogP contribution in [0.2, 0.25) is 0 Å². The normalized spacial score (nSPS) is 11.4. The van der Waals surface area contributed by atoms with E-state index >= 15 is 0 Å². The van der Waals surface area contributed by atoms with Gasteiger partial charge < -0.3 is 14.2 Å². The number of carbonyl (C=O) groups is 1. The molecule has 0 heterocycles. The van der Waals surface area contributed by atoms with Crippen LogP contribution in [0.1, 0.15) is 68.6 Å². The van der Waals surface area contributed by atoms with E-state index < -0.39 is 0 Å². The maximum Gasteiger partial charge on any atom is 0.186 e. The SMILES string of the molecule is Cc1cc(C)c(C(=O)Pc2c(OCC(C)C)cc(OCC(C)C)cc2OCC(C)C)c(C)c1.[Li].